The summed E-state index contributed by atoms with van der Waals surface area (Å²) in [7, 11) is 0. The van der Waals surface area contributed by atoms with E-state index in [0.29, 0.717) is 0 Å². The summed E-state index contributed by atoms with van der Waals surface area (Å²) in [4.78, 5) is 11.3. The molecule has 0 heterocycles. The molecule has 0 unspecified atom stereocenters. The Hall–Kier alpha value is -0.260. The van der Waals surface area contributed by atoms with Crippen LogP contribution in [0.25, 0.3) is 0 Å². The first-order valence-corrected chi connectivity index (χ1v) is 7.85. The fraction of sp³-hybridized carbons (Fsp3) is 0.857. The molecule has 17 heavy (non-hydrogen) atoms. The van der Waals surface area contributed by atoms with E-state index in [1.165, 1.54) is 0 Å². The molecule has 0 amide bonds. The number of halogens is 7. The quantitative estimate of drug-likeness (QED) is 0.427. The van der Waals surface area contributed by atoms with Crippen LogP contribution in [0.2, 0.25) is 0 Å². The molecule has 0 aliphatic carbocycles. The third kappa shape index (κ3) is 4.16. The summed E-state index contributed by atoms with van der Waals surface area (Å²) in [5, 5.41) is 0. The first-order chi connectivity index (χ1) is 7.31. The molecule has 0 saturated carbocycles. The van der Waals surface area contributed by atoms with Gasteiger partial charge in [0.15, 0.2) is 0 Å². The molecule has 0 saturated heterocycles. The zero-order valence-corrected chi connectivity index (χ0v) is 11.0. The van der Waals surface area contributed by atoms with Gasteiger partial charge in [0, 0.05) is 0 Å². The van der Waals surface area contributed by atoms with Gasteiger partial charge in [0.25, 0.3) is 0 Å². The second kappa shape index (κ2) is 5.16. The molecule has 0 aliphatic heterocycles. The molecular formula is C7H9F6IO3. The van der Waals surface area contributed by atoms with Crippen molar-refractivity contribution in [3.8, 4) is 0 Å². The van der Waals surface area contributed by atoms with E-state index in [1.807, 2.05) is 0 Å². The van der Waals surface area contributed by atoms with E-state index < -0.39 is 44.6 Å². The van der Waals surface area contributed by atoms with Crippen LogP contribution in [-0.4, -0.2) is 28.9 Å². The number of carbonyl (C=O) groups is 1. The van der Waals surface area contributed by atoms with Gasteiger partial charge in [-0.3, -0.25) is 0 Å². The normalized spacial score (nSPS) is 14.5. The summed E-state index contributed by atoms with van der Waals surface area (Å²) in [6.07, 6.45) is -11.3. The number of hydrogen-bond acceptors (Lipinski definition) is 3. The van der Waals surface area contributed by atoms with Gasteiger partial charge in [0.1, 0.15) is 0 Å². The van der Waals surface area contributed by atoms with Crippen LogP contribution < -0.4 is 0 Å². The van der Waals surface area contributed by atoms with E-state index in [2.05, 4.69) is 6.13 Å². The Morgan fingerprint density at radius 3 is 1.65 bits per heavy atom. The van der Waals surface area contributed by atoms with Crippen molar-refractivity contribution in [3.63, 3.8) is 0 Å². The molecule has 104 valence electrons. The van der Waals surface area contributed by atoms with Crippen molar-refractivity contribution in [1.82, 2.24) is 0 Å². The second-order valence-electron chi connectivity index (χ2n) is 3.05. The second-order valence-corrected chi connectivity index (χ2v) is 6.05. The predicted octanol–water partition coefficient (Wildman–Crippen LogP) is 3.42. The Balaban J connectivity index is 5.05. The summed E-state index contributed by atoms with van der Waals surface area (Å²) in [6, 6.07) is 0. The van der Waals surface area contributed by atoms with Crippen LogP contribution in [0.4, 0.5) is 26.3 Å². The van der Waals surface area contributed by atoms with Crippen LogP contribution in [0, 0.1) is 0 Å². The van der Waals surface area contributed by atoms with Gasteiger partial charge >= 0.3 is 101 Å². The van der Waals surface area contributed by atoms with Crippen LogP contribution in [0.3, 0.4) is 0 Å². The van der Waals surface area contributed by atoms with Gasteiger partial charge in [-0.2, -0.15) is 0 Å². The average Bonchev–Trinajstić information content (AvgIpc) is 1.97. The molecular weight excluding hydrogens is 373 g/mol. The van der Waals surface area contributed by atoms with Crippen LogP contribution in [0.5, 0.6) is 0 Å². The van der Waals surface area contributed by atoms with Crippen molar-refractivity contribution < 1.29 is 37.3 Å². The number of carbonyl (C=O) groups excluding carboxylic acids is 1. The van der Waals surface area contributed by atoms with Crippen LogP contribution in [0.15, 0.2) is 0 Å². The van der Waals surface area contributed by atoms with Crippen LogP contribution >= 0.6 is 20.6 Å². The molecule has 0 aromatic heterocycles. The maximum absolute atomic E-state index is 12.3. The maximum atomic E-state index is 12.3. The molecule has 0 aliphatic rings. The summed E-state index contributed by atoms with van der Waals surface area (Å²) in [5.41, 5.74) is -4.32. The molecule has 0 fully saturated rings. The fourth-order valence-corrected chi connectivity index (χ4v) is 3.34. The Bertz CT molecular complexity index is 272. The molecule has 0 spiro atoms. The van der Waals surface area contributed by atoms with Crippen molar-refractivity contribution in [1.29, 1.82) is 0 Å². The van der Waals surface area contributed by atoms with E-state index in [1.54, 1.807) is 0 Å². The molecule has 10 heteroatoms. The molecule has 0 radical (unpaired) electrons. The number of rotatable bonds is 3. The van der Waals surface area contributed by atoms with E-state index in [-0.39, 0.29) is 6.92 Å². The topological polar surface area (TPSA) is 35.5 Å². The Morgan fingerprint density at radius 1 is 1.06 bits per heavy atom. The zero-order valence-electron chi connectivity index (χ0n) is 8.87. The third-order valence-electron chi connectivity index (χ3n) is 1.56. The first kappa shape index (κ1) is 16.7. The average molecular weight is 382 g/mol. The van der Waals surface area contributed by atoms with Gasteiger partial charge in [0.2, 0.25) is 0 Å². The van der Waals surface area contributed by atoms with E-state index in [4.69, 9.17) is 0 Å². The number of alkyl halides is 7. The molecule has 0 atom stereocenters. The Morgan fingerprint density at radius 2 is 1.41 bits per heavy atom. The molecule has 0 N–H and O–H groups in total. The van der Waals surface area contributed by atoms with E-state index in [0.717, 1.165) is 11.9 Å². The molecule has 3 nitrogen and oxygen atoms in total. The minimum absolute atomic E-state index is 0.134. The third-order valence-corrected chi connectivity index (χ3v) is 4.30. The van der Waals surface area contributed by atoms with E-state index >= 15 is 0 Å². The van der Waals surface area contributed by atoms with Crippen molar-refractivity contribution >= 4 is 26.6 Å². The van der Waals surface area contributed by atoms with Crippen LogP contribution in [-0.2, 0) is 10.9 Å². The molecule has 0 aromatic rings. The standard InChI is InChI=1S/C7H9F6IO3/c1-4(15)16-14(3)17-5(2,6(8,9)10)7(11,12)13/h1-3H3. The zero-order chi connectivity index (χ0) is 14.1. The van der Waals surface area contributed by atoms with Gasteiger partial charge < -0.3 is 0 Å². The minimum atomic E-state index is -5.64. The molecule has 0 rings (SSSR count). The Labute approximate surface area is 101 Å². The monoisotopic (exact) mass is 382 g/mol. The summed E-state index contributed by atoms with van der Waals surface area (Å²) in [5.74, 6) is -0.982. The van der Waals surface area contributed by atoms with Crippen LogP contribution in [0.1, 0.15) is 13.8 Å². The predicted molar refractivity (Wildman–Crippen MR) is 53.3 cm³/mol. The van der Waals surface area contributed by atoms with Crippen molar-refractivity contribution in [2.75, 3.05) is 4.93 Å². The van der Waals surface area contributed by atoms with Gasteiger partial charge in [-0.25, -0.2) is 0 Å². The van der Waals surface area contributed by atoms with Crippen molar-refractivity contribution in [3.05, 3.63) is 0 Å². The van der Waals surface area contributed by atoms with Gasteiger partial charge in [-0.15, -0.1) is 0 Å². The first-order valence-electron chi connectivity index (χ1n) is 3.93. The van der Waals surface area contributed by atoms with E-state index in [9.17, 15) is 31.1 Å². The number of hydrogen-bond donors (Lipinski definition) is 0. The summed E-state index contributed by atoms with van der Waals surface area (Å²) >= 11 is -3.55. The molecule has 0 bridgehead atoms. The Kier molecular flexibility index (Phi) is 5.08. The summed E-state index contributed by atoms with van der Waals surface area (Å²) < 4.78 is 82.2. The fourth-order valence-electron chi connectivity index (χ4n) is 0.634. The van der Waals surface area contributed by atoms with Crippen molar-refractivity contribution in [2.24, 2.45) is 0 Å². The van der Waals surface area contributed by atoms with Gasteiger partial charge in [-0.1, -0.05) is 0 Å². The van der Waals surface area contributed by atoms with Gasteiger partial charge in [-0.05, 0) is 0 Å². The molecule has 0 aromatic carbocycles. The summed E-state index contributed by atoms with van der Waals surface area (Å²) in [6.45, 7) is 0.736. The SMILES string of the molecule is CC(=O)OI(C)OC(C)(C(F)(F)F)C(F)(F)F. The van der Waals surface area contributed by atoms with Crippen molar-refractivity contribution in [2.45, 2.75) is 31.8 Å². The van der Waals surface area contributed by atoms with Gasteiger partial charge in [0.05, 0.1) is 0 Å².